The molecular formula is C18H23N3O. The molecule has 2 rings (SSSR count). The molecule has 0 bridgehead atoms. The molecule has 0 saturated carbocycles. The van der Waals surface area contributed by atoms with Gasteiger partial charge in [0.05, 0.1) is 0 Å². The minimum Gasteiger partial charge on any atom is -0.338 e. The van der Waals surface area contributed by atoms with Crippen LogP contribution < -0.4 is 0 Å². The largest absolute Gasteiger partial charge is 0.338 e. The molecule has 0 N–H and O–H groups in total. The second-order valence-electron chi connectivity index (χ2n) is 5.39. The van der Waals surface area contributed by atoms with E-state index < -0.39 is 0 Å². The van der Waals surface area contributed by atoms with E-state index in [2.05, 4.69) is 16.9 Å². The van der Waals surface area contributed by atoms with Gasteiger partial charge >= 0.3 is 0 Å². The number of hydrogen-bond donors (Lipinski definition) is 0. The van der Waals surface area contributed by atoms with Crippen molar-refractivity contribution in [1.29, 1.82) is 0 Å². The molecule has 0 unspecified atom stereocenters. The molecule has 0 aliphatic carbocycles. The topological polar surface area (TPSA) is 46.1 Å². The van der Waals surface area contributed by atoms with Gasteiger partial charge in [-0.15, -0.1) is 0 Å². The number of rotatable bonds is 8. The Bertz CT molecular complexity index is 557. The van der Waals surface area contributed by atoms with Gasteiger partial charge in [0, 0.05) is 44.3 Å². The highest BCUT2D eigenvalue weighted by atomic mass is 16.2. The lowest BCUT2D eigenvalue weighted by Crippen LogP contribution is -2.31. The molecule has 0 saturated heterocycles. The SMILES string of the molecule is CCCCN(Cc1ccncc1)C(=O)CCc1cccnc1. The fourth-order valence-electron chi connectivity index (χ4n) is 2.30. The summed E-state index contributed by atoms with van der Waals surface area (Å²) < 4.78 is 0. The third-order valence-corrected chi connectivity index (χ3v) is 3.61. The Hall–Kier alpha value is -2.23. The van der Waals surface area contributed by atoms with Crippen molar-refractivity contribution in [2.45, 2.75) is 39.2 Å². The zero-order valence-corrected chi connectivity index (χ0v) is 13.1. The van der Waals surface area contributed by atoms with Gasteiger partial charge in [0.15, 0.2) is 0 Å². The Morgan fingerprint density at radius 1 is 1.09 bits per heavy atom. The maximum absolute atomic E-state index is 12.5. The summed E-state index contributed by atoms with van der Waals surface area (Å²) in [6.45, 7) is 3.61. The summed E-state index contributed by atoms with van der Waals surface area (Å²) in [6.07, 6.45) is 10.5. The van der Waals surface area contributed by atoms with Crippen LogP contribution >= 0.6 is 0 Å². The van der Waals surface area contributed by atoms with E-state index >= 15 is 0 Å². The summed E-state index contributed by atoms with van der Waals surface area (Å²) in [4.78, 5) is 22.6. The molecule has 0 aliphatic heterocycles. The van der Waals surface area contributed by atoms with Gasteiger partial charge in [-0.25, -0.2) is 0 Å². The van der Waals surface area contributed by atoms with Crippen molar-refractivity contribution < 1.29 is 4.79 Å². The molecule has 2 heterocycles. The number of pyridine rings is 2. The summed E-state index contributed by atoms with van der Waals surface area (Å²) in [7, 11) is 0. The van der Waals surface area contributed by atoms with Crippen LogP contribution in [0.2, 0.25) is 0 Å². The lowest BCUT2D eigenvalue weighted by molar-refractivity contribution is -0.131. The molecule has 1 amide bonds. The first-order chi connectivity index (χ1) is 10.8. The highest BCUT2D eigenvalue weighted by Crippen LogP contribution is 2.09. The van der Waals surface area contributed by atoms with Crippen LogP contribution in [0.1, 0.15) is 37.3 Å². The number of carbonyl (C=O) groups excluding carboxylic acids is 1. The highest BCUT2D eigenvalue weighted by Gasteiger charge is 2.13. The Kier molecular flexibility index (Phi) is 6.55. The molecule has 0 fully saturated rings. The summed E-state index contributed by atoms with van der Waals surface area (Å²) in [5.74, 6) is 0.203. The lowest BCUT2D eigenvalue weighted by Gasteiger charge is -2.22. The third kappa shape index (κ3) is 5.28. The van der Waals surface area contributed by atoms with Gasteiger partial charge in [-0.1, -0.05) is 19.4 Å². The average Bonchev–Trinajstić information content (AvgIpc) is 2.58. The third-order valence-electron chi connectivity index (χ3n) is 3.61. The molecule has 0 spiro atoms. The normalized spacial score (nSPS) is 10.4. The second-order valence-corrected chi connectivity index (χ2v) is 5.39. The molecule has 0 aliphatic rings. The number of carbonyl (C=O) groups is 1. The van der Waals surface area contributed by atoms with Crippen molar-refractivity contribution in [2.24, 2.45) is 0 Å². The smallest absolute Gasteiger partial charge is 0.223 e. The molecule has 2 aromatic heterocycles. The predicted octanol–water partition coefficient (Wildman–Crippen LogP) is 3.24. The van der Waals surface area contributed by atoms with E-state index in [0.717, 1.165) is 36.9 Å². The van der Waals surface area contributed by atoms with E-state index in [1.165, 1.54) is 0 Å². The van der Waals surface area contributed by atoms with Crippen molar-refractivity contribution in [2.75, 3.05) is 6.54 Å². The van der Waals surface area contributed by atoms with Crippen LogP contribution in [-0.2, 0) is 17.8 Å². The number of hydrogen-bond acceptors (Lipinski definition) is 3. The van der Waals surface area contributed by atoms with Gasteiger partial charge in [0.2, 0.25) is 5.91 Å². The van der Waals surface area contributed by atoms with Crippen LogP contribution in [0, 0.1) is 0 Å². The van der Waals surface area contributed by atoms with Crippen LogP contribution in [0.5, 0.6) is 0 Å². The van der Waals surface area contributed by atoms with Crippen molar-refractivity contribution >= 4 is 5.91 Å². The van der Waals surface area contributed by atoms with E-state index in [-0.39, 0.29) is 5.91 Å². The molecule has 0 aromatic carbocycles. The van der Waals surface area contributed by atoms with Gasteiger partial charge in [-0.2, -0.15) is 0 Å². The van der Waals surface area contributed by atoms with Crippen LogP contribution in [0.3, 0.4) is 0 Å². The molecule has 2 aromatic rings. The number of aryl methyl sites for hydroxylation is 1. The minimum atomic E-state index is 0.203. The second kappa shape index (κ2) is 8.93. The zero-order chi connectivity index (χ0) is 15.6. The van der Waals surface area contributed by atoms with Crippen molar-refractivity contribution in [3.05, 3.63) is 60.2 Å². The first-order valence-corrected chi connectivity index (χ1v) is 7.85. The van der Waals surface area contributed by atoms with Gasteiger partial charge in [0.1, 0.15) is 0 Å². The van der Waals surface area contributed by atoms with Crippen LogP contribution in [0.15, 0.2) is 49.1 Å². The number of aromatic nitrogens is 2. The molecule has 22 heavy (non-hydrogen) atoms. The summed E-state index contributed by atoms with van der Waals surface area (Å²) >= 11 is 0. The predicted molar refractivity (Wildman–Crippen MR) is 87.1 cm³/mol. The monoisotopic (exact) mass is 297 g/mol. The standard InChI is InChI=1S/C18H23N3O/c1-2-3-13-21(15-17-8-11-19-12-9-17)18(22)7-6-16-5-4-10-20-14-16/h4-5,8-12,14H,2-3,6-7,13,15H2,1H3. The maximum Gasteiger partial charge on any atom is 0.223 e. The lowest BCUT2D eigenvalue weighted by atomic mass is 10.1. The van der Waals surface area contributed by atoms with E-state index in [0.29, 0.717) is 13.0 Å². The summed E-state index contributed by atoms with van der Waals surface area (Å²) in [6, 6.07) is 7.85. The van der Waals surface area contributed by atoms with Crippen LogP contribution in [0.4, 0.5) is 0 Å². The molecular weight excluding hydrogens is 274 g/mol. The molecule has 116 valence electrons. The minimum absolute atomic E-state index is 0.203. The Morgan fingerprint density at radius 2 is 1.91 bits per heavy atom. The average molecular weight is 297 g/mol. The quantitative estimate of drug-likeness (QED) is 0.751. The first-order valence-electron chi connectivity index (χ1n) is 7.85. The maximum atomic E-state index is 12.5. The van der Waals surface area contributed by atoms with E-state index in [9.17, 15) is 4.79 Å². The molecule has 4 nitrogen and oxygen atoms in total. The van der Waals surface area contributed by atoms with E-state index in [1.807, 2.05) is 35.4 Å². The number of unbranched alkanes of at least 4 members (excludes halogenated alkanes) is 1. The van der Waals surface area contributed by atoms with Gasteiger partial charge in [-0.3, -0.25) is 14.8 Å². The molecule has 0 radical (unpaired) electrons. The van der Waals surface area contributed by atoms with E-state index in [1.54, 1.807) is 18.6 Å². The fourth-order valence-corrected chi connectivity index (χ4v) is 2.30. The van der Waals surface area contributed by atoms with Crippen LogP contribution in [-0.4, -0.2) is 27.3 Å². The Balaban J connectivity index is 1.93. The van der Waals surface area contributed by atoms with Crippen LogP contribution in [0.25, 0.3) is 0 Å². The van der Waals surface area contributed by atoms with Crippen molar-refractivity contribution in [1.82, 2.24) is 14.9 Å². The molecule has 0 atom stereocenters. The number of nitrogens with zero attached hydrogens (tertiary/aromatic N) is 3. The van der Waals surface area contributed by atoms with Crippen molar-refractivity contribution in [3.8, 4) is 0 Å². The highest BCUT2D eigenvalue weighted by molar-refractivity contribution is 5.76. The number of amides is 1. The van der Waals surface area contributed by atoms with E-state index in [4.69, 9.17) is 0 Å². The van der Waals surface area contributed by atoms with Gasteiger partial charge < -0.3 is 4.90 Å². The Morgan fingerprint density at radius 3 is 2.59 bits per heavy atom. The summed E-state index contributed by atoms with van der Waals surface area (Å²) in [5, 5.41) is 0. The Labute approximate surface area is 132 Å². The van der Waals surface area contributed by atoms with Gasteiger partial charge in [0.25, 0.3) is 0 Å². The fraction of sp³-hybridized carbons (Fsp3) is 0.389. The first kappa shape index (κ1) is 16.1. The summed E-state index contributed by atoms with van der Waals surface area (Å²) in [5.41, 5.74) is 2.23. The molecule has 4 heteroatoms. The zero-order valence-electron chi connectivity index (χ0n) is 13.1. The van der Waals surface area contributed by atoms with Crippen molar-refractivity contribution in [3.63, 3.8) is 0 Å². The van der Waals surface area contributed by atoms with Gasteiger partial charge in [-0.05, 0) is 42.2 Å².